The fourth-order valence-corrected chi connectivity index (χ4v) is 1.30. The molecule has 0 saturated carbocycles. The summed E-state index contributed by atoms with van der Waals surface area (Å²) in [7, 11) is 0. The Kier molecular flexibility index (Phi) is 9.62. The van der Waals surface area contributed by atoms with Crippen LogP contribution >= 0.6 is 0 Å². The van der Waals surface area contributed by atoms with E-state index >= 15 is 0 Å². The maximum Gasteiger partial charge on any atom is 0.179 e. The van der Waals surface area contributed by atoms with E-state index in [-0.39, 0.29) is 6.29 Å². The lowest BCUT2D eigenvalue weighted by Gasteiger charge is -2.17. The highest BCUT2D eigenvalue weighted by atomic mass is 16.7. The zero-order valence-electron chi connectivity index (χ0n) is 12.7. The fraction of sp³-hybridized carbons (Fsp3) is 0.625. The normalized spacial score (nSPS) is 14.2. The average molecular weight is 252 g/mol. The molecule has 0 aliphatic heterocycles. The van der Waals surface area contributed by atoms with E-state index in [1.807, 2.05) is 32.9 Å². The molecule has 0 bridgehead atoms. The summed E-state index contributed by atoms with van der Waals surface area (Å²) in [5, 5.41) is 0. The second-order valence-corrected chi connectivity index (χ2v) is 4.60. The van der Waals surface area contributed by atoms with Crippen molar-refractivity contribution in [2.45, 2.75) is 47.8 Å². The van der Waals surface area contributed by atoms with Gasteiger partial charge in [0, 0.05) is 13.2 Å². The zero-order chi connectivity index (χ0) is 14.0. The minimum Gasteiger partial charge on any atom is -0.349 e. The number of allylic oxidation sites excluding steroid dienone is 5. The topological polar surface area (TPSA) is 18.5 Å². The quantitative estimate of drug-likeness (QED) is 0.468. The maximum atomic E-state index is 5.52. The van der Waals surface area contributed by atoms with E-state index < -0.39 is 0 Å². The first kappa shape index (κ1) is 17.1. The van der Waals surface area contributed by atoms with Crippen LogP contribution in [0.1, 0.15) is 41.5 Å². The molecule has 0 aromatic heterocycles. The molecule has 2 nitrogen and oxygen atoms in total. The lowest BCUT2D eigenvalue weighted by Crippen LogP contribution is -2.18. The molecule has 0 radical (unpaired) electrons. The Balaban J connectivity index is 4.47. The van der Waals surface area contributed by atoms with Crippen LogP contribution in [-0.2, 0) is 9.47 Å². The molecule has 0 amide bonds. The van der Waals surface area contributed by atoms with Crippen LogP contribution in [0.5, 0.6) is 0 Å². The van der Waals surface area contributed by atoms with Gasteiger partial charge in [-0.2, -0.15) is 0 Å². The van der Waals surface area contributed by atoms with E-state index in [1.165, 1.54) is 5.57 Å². The molecule has 0 aromatic rings. The molecular formula is C16H28O2. The molecule has 0 atom stereocenters. The standard InChI is InChI=1S/C16H28O2/c1-7-17-16(18-8-2)15(6)12-10-9-11-14(5)13(3)4/h9-13,16H,7-8H2,1-6H3/b10-9+,14-11+,15-12+. The Morgan fingerprint density at radius 1 is 0.889 bits per heavy atom. The third kappa shape index (κ3) is 7.46. The van der Waals surface area contributed by atoms with E-state index in [1.54, 1.807) is 0 Å². The van der Waals surface area contributed by atoms with Crippen molar-refractivity contribution in [1.29, 1.82) is 0 Å². The molecule has 2 heteroatoms. The van der Waals surface area contributed by atoms with Crippen LogP contribution in [0.2, 0.25) is 0 Å². The lowest BCUT2D eigenvalue weighted by atomic mass is 10.1. The van der Waals surface area contributed by atoms with Crippen molar-refractivity contribution >= 4 is 0 Å². The molecule has 0 aliphatic carbocycles. The van der Waals surface area contributed by atoms with Crippen LogP contribution < -0.4 is 0 Å². The van der Waals surface area contributed by atoms with Gasteiger partial charge in [-0.3, -0.25) is 0 Å². The zero-order valence-corrected chi connectivity index (χ0v) is 12.7. The van der Waals surface area contributed by atoms with E-state index in [0.717, 1.165) is 5.57 Å². The van der Waals surface area contributed by atoms with E-state index in [9.17, 15) is 0 Å². The maximum absolute atomic E-state index is 5.52. The lowest BCUT2D eigenvalue weighted by molar-refractivity contribution is -0.111. The molecule has 0 spiro atoms. The summed E-state index contributed by atoms with van der Waals surface area (Å²) in [6.45, 7) is 13.8. The van der Waals surface area contributed by atoms with E-state index in [2.05, 4.69) is 32.9 Å². The molecule has 0 unspecified atom stereocenters. The minimum atomic E-state index is -0.222. The molecule has 0 aromatic carbocycles. The van der Waals surface area contributed by atoms with Gasteiger partial charge in [-0.05, 0) is 39.2 Å². The molecule has 0 heterocycles. The summed E-state index contributed by atoms with van der Waals surface area (Å²) >= 11 is 0. The third-order valence-corrected chi connectivity index (χ3v) is 2.75. The van der Waals surface area contributed by atoms with Gasteiger partial charge in [0.1, 0.15) is 0 Å². The third-order valence-electron chi connectivity index (χ3n) is 2.75. The highest BCUT2D eigenvalue weighted by Gasteiger charge is 2.08. The van der Waals surface area contributed by atoms with Gasteiger partial charge in [-0.25, -0.2) is 0 Å². The number of hydrogen-bond donors (Lipinski definition) is 0. The molecule has 104 valence electrons. The Morgan fingerprint density at radius 3 is 1.72 bits per heavy atom. The van der Waals surface area contributed by atoms with Crippen molar-refractivity contribution < 1.29 is 9.47 Å². The van der Waals surface area contributed by atoms with Gasteiger partial charge in [0.15, 0.2) is 6.29 Å². The molecular weight excluding hydrogens is 224 g/mol. The van der Waals surface area contributed by atoms with Gasteiger partial charge in [-0.15, -0.1) is 0 Å². The minimum absolute atomic E-state index is 0.222. The van der Waals surface area contributed by atoms with Crippen LogP contribution in [0.25, 0.3) is 0 Å². The fourth-order valence-electron chi connectivity index (χ4n) is 1.30. The summed E-state index contributed by atoms with van der Waals surface area (Å²) in [6.07, 6.45) is 8.06. The Morgan fingerprint density at radius 2 is 1.33 bits per heavy atom. The highest BCUT2D eigenvalue weighted by molar-refractivity contribution is 5.19. The first-order valence-corrected chi connectivity index (χ1v) is 6.77. The van der Waals surface area contributed by atoms with Crippen molar-refractivity contribution in [3.05, 3.63) is 35.5 Å². The molecule has 18 heavy (non-hydrogen) atoms. The average Bonchev–Trinajstić information content (AvgIpc) is 2.33. The number of rotatable bonds is 8. The van der Waals surface area contributed by atoms with E-state index in [4.69, 9.17) is 9.47 Å². The summed E-state index contributed by atoms with van der Waals surface area (Å²) in [5.74, 6) is 0.597. The van der Waals surface area contributed by atoms with Gasteiger partial charge in [-0.1, -0.05) is 43.7 Å². The Hall–Kier alpha value is -0.860. The van der Waals surface area contributed by atoms with Crippen LogP contribution in [0, 0.1) is 5.92 Å². The Labute approximate surface area is 112 Å². The van der Waals surface area contributed by atoms with E-state index in [0.29, 0.717) is 19.1 Å². The van der Waals surface area contributed by atoms with Crippen LogP contribution in [-0.4, -0.2) is 19.5 Å². The van der Waals surface area contributed by atoms with Crippen LogP contribution in [0.3, 0.4) is 0 Å². The smallest absolute Gasteiger partial charge is 0.179 e. The largest absolute Gasteiger partial charge is 0.349 e. The van der Waals surface area contributed by atoms with Gasteiger partial charge in [0.05, 0.1) is 0 Å². The Bertz CT molecular complexity index is 292. The van der Waals surface area contributed by atoms with Crippen molar-refractivity contribution in [2.75, 3.05) is 13.2 Å². The summed E-state index contributed by atoms with van der Waals surface area (Å²) < 4.78 is 11.0. The van der Waals surface area contributed by atoms with Crippen molar-refractivity contribution in [3.8, 4) is 0 Å². The van der Waals surface area contributed by atoms with Gasteiger partial charge < -0.3 is 9.47 Å². The number of hydrogen-bond acceptors (Lipinski definition) is 2. The summed E-state index contributed by atoms with van der Waals surface area (Å²) in [6, 6.07) is 0. The molecule has 0 fully saturated rings. The predicted octanol–water partition coefficient (Wildman–Crippen LogP) is 4.49. The van der Waals surface area contributed by atoms with Gasteiger partial charge in [0.2, 0.25) is 0 Å². The SMILES string of the molecule is CCOC(OCC)/C(C)=C/C=C/C=C(\C)C(C)C. The predicted molar refractivity (Wildman–Crippen MR) is 78.5 cm³/mol. The van der Waals surface area contributed by atoms with Crippen molar-refractivity contribution in [2.24, 2.45) is 5.92 Å². The monoisotopic (exact) mass is 252 g/mol. The molecule has 0 rings (SSSR count). The second kappa shape index (κ2) is 10.1. The van der Waals surface area contributed by atoms with Gasteiger partial charge in [0.25, 0.3) is 0 Å². The highest BCUT2D eigenvalue weighted by Crippen LogP contribution is 2.10. The second-order valence-electron chi connectivity index (χ2n) is 4.60. The van der Waals surface area contributed by atoms with Crippen LogP contribution in [0.15, 0.2) is 35.5 Å². The van der Waals surface area contributed by atoms with Crippen molar-refractivity contribution in [3.63, 3.8) is 0 Å². The summed E-state index contributed by atoms with van der Waals surface area (Å²) in [5.41, 5.74) is 2.47. The molecule has 0 aliphatic rings. The first-order valence-electron chi connectivity index (χ1n) is 6.77. The molecule has 0 N–H and O–H groups in total. The van der Waals surface area contributed by atoms with Gasteiger partial charge >= 0.3 is 0 Å². The first-order chi connectivity index (χ1) is 8.52. The van der Waals surface area contributed by atoms with Crippen LogP contribution in [0.4, 0.5) is 0 Å². The number of ether oxygens (including phenoxy) is 2. The molecule has 0 saturated heterocycles. The summed E-state index contributed by atoms with van der Waals surface area (Å²) in [4.78, 5) is 0. The van der Waals surface area contributed by atoms with Crippen molar-refractivity contribution in [1.82, 2.24) is 0 Å².